The third kappa shape index (κ3) is 3.52. The lowest BCUT2D eigenvalue weighted by Gasteiger charge is -2.16. The molecule has 28 heavy (non-hydrogen) atoms. The van der Waals surface area contributed by atoms with Crippen molar-refractivity contribution in [1.82, 2.24) is 24.9 Å². The number of aliphatic hydroxyl groups is 1. The van der Waals surface area contributed by atoms with Gasteiger partial charge in [-0.2, -0.15) is 0 Å². The van der Waals surface area contributed by atoms with Gasteiger partial charge in [0, 0.05) is 12.3 Å². The summed E-state index contributed by atoms with van der Waals surface area (Å²) in [7, 11) is 0. The van der Waals surface area contributed by atoms with E-state index in [9.17, 15) is 5.11 Å². The molecular formula is C19H16Cl2N6O. The van der Waals surface area contributed by atoms with Gasteiger partial charge >= 0.3 is 0 Å². The maximum absolute atomic E-state index is 10.2. The molecule has 3 aromatic heterocycles. The van der Waals surface area contributed by atoms with Crippen molar-refractivity contribution in [2.75, 3.05) is 5.32 Å². The molecule has 1 aromatic carbocycles. The summed E-state index contributed by atoms with van der Waals surface area (Å²) in [5.74, 6) is 1.54. The van der Waals surface area contributed by atoms with Crippen LogP contribution in [0, 0.1) is 0 Å². The van der Waals surface area contributed by atoms with Crippen molar-refractivity contribution < 1.29 is 5.11 Å². The number of anilines is 2. The highest BCUT2D eigenvalue weighted by atomic mass is 35.5. The van der Waals surface area contributed by atoms with Crippen LogP contribution in [0.15, 0.2) is 42.9 Å². The van der Waals surface area contributed by atoms with Gasteiger partial charge in [0.2, 0.25) is 0 Å². The van der Waals surface area contributed by atoms with Crippen LogP contribution in [0.4, 0.5) is 11.6 Å². The summed E-state index contributed by atoms with van der Waals surface area (Å²) in [5.41, 5.74) is 1.40. The Kier molecular flexibility index (Phi) is 4.66. The Bertz CT molecular complexity index is 1150. The topological polar surface area (TPSA) is 99.6 Å². The molecule has 0 saturated heterocycles. The molecule has 9 heteroatoms. The van der Waals surface area contributed by atoms with Crippen molar-refractivity contribution in [2.24, 2.45) is 0 Å². The molecule has 142 valence electrons. The van der Waals surface area contributed by atoms with Gasteiger partial charge in [-0.25, -0.2) is 19.9 Å². The number of pyridine rings is 1. The first-order valence-corrected chi connectivity index (χ1v) is 9.19. The van der Waals surface area contributed by atoms with Crippen LogP contribution in [0.1, 0.15) is 19.5 Å². The molecule has 0 amide bonds. The van der Waals surface area contributed by atoms with Crippen molar-refractivity contribution in [1.29, 1.82) is 0 Å². The fourth-order valence-electron chi connectivity index (χ4n) is 2.75. The zero-order valence-corrected chi connectivity index (χ0v) is 16.5. The molecule has 0 aliphatic carbocycles. The predicted molar refractivity (Wildman–Crippen MR) is 110 cm³/mol. The van der Waals surface area contributed by atoms with Crippen LogP contribution >= 0.6 is 23.2 Å². The lowest BCUT2D eigenvalue weighted by atomic mass is 10.1. The summed E-state index contributed by atoms with van der Waals surface area (Å²) in [6, 6.07) is 8.77. The molecule has 0 radical (unpaired) electrons. The van der Waals surface area contributed by atoms with Crippen LogP contribution in [0.2, 0.25) is 10.0 Å². The molecule has 4 aromatic rings. The fourth-order valence-corrected chi connectivity index (χ4v) is 3.33. The first kappa shape index (κ1) is 18.6. The lowest BCUT2D eigenvalue weighted by Crippen LogP contribution is -2.18. The van der Waals surface area contributed by atoms with E-state index >= 15 is 0 Å². The molecular weight excluding hydrogens is 399 g/mol. The Morgan fingerprint density at radius 2 is 1.82 bits per heavy atom. The quantitative estimate of drug-likeness (QED) is 0.447. The number of hydrogen-bond acceptors (Lipinski definition) is 6. The van der Waals surface area contributed by atoms with Crippen molar-refractivity contribution in [3.05, 3.63) is 58.6 Å². The monoisotopic (exact) mass is 414 g/mol. The van der Waals surface area contributed by atoms with E-state index in [-0.39, 0.29) is 0 Å². The van der Waals surface area contributed by atoms with E-state index in [4.69, 9.17) is 23.2 Å². The average Bonchev–Trinajstić information content (AvgIpc) is 3.06. The van der Waals surface area contributed by atoms with E-state index in [1.807, 2.05) is 6.07 Å². The molecule has 0 aliphatic heterocycles. The van der Waals surface area contributed by atoms with Gasteiger partial charge in [-0.05, 0) is 32.0 Å². The number of nitrogens with zero attached hydrogens (tertiary/aromatic N) is 4. The van der Waals surface area contributed by atoms with Gasteiger partial charge in [-0.3, -0.25) is 0 Å². The molecule has 4 rings (SSSR count). The van der Waals surface area contributed by atoms with Crippen LogP contribution in [-0.2, 0) is 5.60 Å². The van der Waals surface area contributed by atoms with Crippen molar-refractivity contribution in [2.45, 2.75) is 19.4 Å². The molecule has 0 spiro atoms. The van der Waals surface area contributed by atoms with Crippen LogP contribution in [0.5, 0.6) is 0 Å². The SMILES string of the molecule is CC(C)(O)c1cc(Nc2nccc3[nH]c(-c4c(Cl)cccc4Cl)nc23)ncn1. The summed E-state index contributed by atoms with van der Waals surface area (Å²) in [4.78, 5) is 20.5. The molecule has 0 aliphatic rings. The fraction of sp³-hybridized carbons (Fsp3) is 0.158. The van der Waals surface area contributed by atoms with Gasteiger partial charge in [0.1, 0.15) is 29.1 Å². The van der Waals surface area contributed by atoms with Gasteiger partial charge in [-0.15, -0.1) is 0 Å². The number of halogens is 2. The first-order valence-electron chi connectivity index (χ1n) is 8.44. The van der Waals surface area contributed by atoms with Crippen LogP contribution in [0.25, 0.3) is 22.4 Å². The van der Waals surface area contributed by atoms with Crippen LogP contribution in [0.3, 0.4) is 0 Å². The standard InChI is InChI=1S/C19H16Cl2N6O/c1-19(2,28)13-8-14(24-9-23-13)26-18-16-12(6-7-22-18)25-17(27-16)15-10(20)4-3-5-11(15)21/h3-9,28H,1-2H3,(H,25,27)(H,22,23,24,26). The molecule has 3 N–H and O–H groups in total. The summed E-state index contributed by atoms with van der Waals surface area (Å²) in [6.07, 6.45) is 3.04. The molecule has 0 atom stereocenters. The maximum Gasteiger partial charge on any atom is 0.159 e. The molecule has 0 bridgehead atoms. The molecule has 0 fully saturated rings. The number of H-pyrrole nitrogens is 1. The number of aromatic nitrogens is 5. The minimum Gasteiger partial charge on any atom is -0.384 e. The largest absolute Gasteiger partial charge is 0.384 e. The Morgan fingerprint density at radius 3 is 2.54 bits per heavy atom. The van der Waals surface area contributed by atoms with Gasteiger partial charge in [0.05, 0.1) is 26.8 Å². The highest BCUT2D eigenvalue weighted by molar-refractivity contribution is 6.39. The van der Waals surface area contributed by atoms with Gasteiger partial charge in [-0.1, -0.05) is 29.3 Å². The van der Waals surface area contributed by atoms with Gasteiger partial charge < -0.3 is 15.4 Å². The second kappa shape index (κ2) is 7.01. The van der Waals surface area contributed by atoms with Crippen LogP contribution < -0.4 is 5.32 Å². The highest BCUT2D eigenvalue weighted by Crippen LogP contribution is 2.35. The predicted octanol–water partition coefficient (Wildman–Crippen LogP) is 4.69. The highest BCUT2D eigenvalue weighted by Gasteiger charge is 2.19. The van der Waals surface area contributed by atoms with E-state index in [1.165, 1.54) is 6.33 Å². The maximum atomic E-state index is 10.2. The number of aromatic amines is 1. The average molecular weight is 415 g/mol. The Morgan fingerprint density at radius 1 is 1.07 bits per heavy atom. The van der Waals surface area contributed by atoms with Crippen molar-refractivity contribution >= 4 is 45.9 Å². The first-order chi connectivity index (χ1) is 13.3. The minimum absolute atomic E-state index is 0.489. The summed E-state index contributed by atoms with van der Waals surface area (Å²) in [5, 5.41) is 14.3. The molecule has 0 saturated carbocycles. The van der Waals surface area contributed by atoms with Crippen molar-refractivity contribution in [3.8, 4) is 11.4 Å². The number of benzene rings is 1. The molecule has 3 heterocycles. The molecule has 7 nitrogen and oxygen atoms in total. The third-order valence-electron chi connectivity index (χ3n) is 4.14. The minimum atomic E-state index is -1.08. The van der Waals surface area contributed by atoms with E-state index in [1.54, 1.807) is 44.3 Å². The smallest absolute Gasteiger partial charge is 0.159 e. The van der Waals surface area contributed by atoms with Gasteiger partial charge in [0.15, 0.2) is 5.82 Å². The normalized spacial score (nSPS) is 11.8. The van der Waals surface area contributed by atoms with E-state index in [2.05, 4.69) is 30.2 Å². The second-order valence-corrected chi connectivity index (χ2v) is 7.52. The number of imidazole rings is 1. The van der Waals surface area contributed by atoms with E-state index < -0.39 is 5.60 Å². The summed E-state index contributed by atoms with van der Waals surface area (Å²) < 4.78 is 0. The Hall–Kier alpha value is -2.74. The van der Waals surface area contributed by atoms with Crippen molar-refractivity contribution in [3.63, 3.8) is 0 Å². The summed E-state index contributed by atoms with van der Waals surface area (Å²) in [6.45, 7) is 3.32. The Balaban J connectivity index is 1.77. The number of fused-ring (bicyclic) bond motifs is 1. The second-order valence-electron chi connectivity index (χ2n) is 6.71. The zero-order valence-electron chi connectivity index (χ0n) is 15.0. The van der Waals surface area contributed by atoms with Crippen LogP contribution in [-0.4, -0.2) is 30.0 Å². The molecule has 0 unspecified atom stereocenters. The number of nitrogens with one attached hydrogen (secondary N) is 2. The lowest BCUT2D eigenvalue weighted by molar-refractivity contribution is 0.0737. The number of hydrogen-bond donors (Lipinski definition) is 3. The van der Waals surface area contributed by atoms with Gasteiger partial charge in [0.25, 0.3) is 0 Å². The van der Waals surface area contributed by atoms with E-state index in [0.717, 1.165) is 5.52 Å². The zero-order chi connectivity index (χ0) is 19.9. The number of rotatable bonds is 4. The Labute approximate surface area is 170 Å². The summed E-state index contributed by atoms with van der Waals surface area (Å²) >= 11 is 12.6. The third-order valence-corrected chi connectivity index (χ3v) is 4.77. The van der Waals surface area contributed by atoms with E-state index in [0.29, 0.717) is 44.3 Å².